The van der Waals surface area contributed by atoms with Crippen molar-refractivity contribution in [1.82, 2.24) is 5.32 Å². The predicted octanol–water partition coefficient (Wildman–Crippen LogP) is 1.44. The number of aromatic hydroxyl groups is 3. The van der Waals surface area contributed by atoms with E-state index >= 15 is 0 Å². The molecule has 19 heavy (non-hydrogen) atoms. The lowest BCUT2D eigenvalue weighted by atomic mass is 9.87. The summed E-state index contributed by atoms with van der Waals surface area (Å²) in [7, 11) is 0. The van der Waals surface area contributed by atoms with Gasteiger partial charge in [0.05, 0.1) is 6.10 Å². The van der Waals surface area contributed by atoms with E-state index in [4.69, 9.17) is 0 Å². The van der Waals surface area contributed by atoms with Crippen LogP contribution in [-0.2, 0) is 6.54 Å². The van der Waals surface area contributed by atoms with Crippen LogP contribution in [0, 0.1) is 5.92 Å². The summed E-state index contributed by atoms with van der Waals surface area (Å²) >= 11 is 0. The number of aliphatic hydroxyl groups excluding tert-OH is 1. The van der Waals surface area contributed by atoms with Crippen LogP contribution in [0.15, 0.2) is 12.1 Å². The number of phenols is 3. The van der Waals surface area contributed by atoms with Gasteiger partial charge in [0, 0.05) is 12.1 Å². The van der Waals surface area contributed by atoms with Crippen molar-refractivity contribution in [3.63, 3.8) is 0 Å². The van der Waals surface area contributed by atoms with Crippen LogP contribution < -0.4 is 5.32 Å². The molecule has 2 atom stereocenters. The first-order valence-electron chi connectivity index (χ1n) is 6.69. The highest BCUT2D eigenvalue weighted by atomic mass is 16.3. The lowest BCUT2D eigenvalue weighted by Crippen LogP contribution is -2.28. The third-order valence-corrected chi connectivity index (χ3v) is 3.72. The molecule has 0 aliphatic heterocycles. The standard InChI is InChI=1S/C14H21NO4/c16-11-3-1-2-9(6-11)7-15-8-10-4-5-12(17)14(19)13(10)18/h4-5,9,11,15-19H,1-3,6-8H2. The molecule has 1 fully saturated rings. The van der Waals surface area contributed by atoms with Crippen LogP contribution in [0.25, 0.3) is 0 Å². The van der Waals surface area contributed by atoms with E-state index in [1.165, 1.54) is 6.07 Å². The Morgan fingerprint density at radius 3 is 2.63 bits per heavy atom. The van der Waals surface area contributed by atoms with Crippen molar-refractivity contribution in [2.24, 2.45) is 5.92 Å². The van der Waals surface area contributed by atoms with E-state index < -0.39 is 5.75 Å². The Kier molecular flexibility index (Phi) is 4.50. The SMILES string of the molecule is Oc1ccc(CNCC2CCCC(O)C2)c(O)c1O. The van der Waals surface area contributed by atoms with E-state index in [9.17, 15) is 20.4 Å². The maximum Gasteiger partial charge on any atom is 0.200 e. The van der Waals surface area contributed by atoms with Crippen molar-refractivity contribution in [2.75, 3.05) is 6.54 Å². The molecule has 5 nitrogen and oxygen atoms in total. The van der Waals surface area contributed by atoms with Crippen LogP contribution in [0.5, 0.6) is 17.2 Å². The Morgan fingerprint density at radius 1 is 1.11 bits per heavy atom. The minimum Gasteiger partial charge on any atom is -0.504 e. The van der Waals surface area contributed by atoms with Crippen molar-refractivity contribution < 1.29 is 20.4 Å². The molecule has 0 spiro atoms. The molecule has 106 valence electrons. The van der Waals surface area contributed by atoms with E-state index in [0.717, 1.165) is 32.2 Å². The highest BCUT2D eigenvalue weighted by Gasteiger charge is 2.19. The molecule has 0 aromatic heterocycles. The molecule has 0 heterocycles. The Hall–Kier alpha value is -1.46. The quantitative estimate of drug-likeness (QED) is 0.532. The van der Waals surface area contributed by atoms with E-state index in [1.807, 2.05) is 0 Å². The van der Waals surface area contributed by atoms with Gasteiger partial charge in [-0.3, -0.25) is 0 Å². The van der Waals surface area contributed by atoms with Gasteiger partial charge < -0.3 is 25.7 Å². The maximum atomic E-state index is 9.67. The molecule has 1 aliphatic rings. The fraction of sp³-hybridized carbons (Fsp3) is 0.571. The van der Waals surface area contributed by atoms with Crippen LogP contribution in [0.4, 0.5) is 0 Å². The number of benzene rings is 1. The zero-order chi connectivity index (χ0) is 13.8. The monoisotopic (exact) mass is 267 g/mol. The summed E-state index contributed by atoms with van der Waals surface area (Å²) in [5, 5.41) is 41.1. The summed E-state index contributed by atoms with van der Waals surface area (Å²) in [6, 6.07) is 2.93. The van der Waals surface area contributed by atoms with Crippen LogP contribution in [-0.4, -0.2) is 33.1 Å². The maximum absolute atomic E-state index is 9.67. The largest absolute Gasteiger partial charge is 0.504 e. The van der Waals surface area contributed by atoms with Gasteiger partial charge in [0.2, 0.25) is 5.75 Å². The highest BCUT2D eigenvalue weighted by Crippen LogP contribution is 2.36. The van der Waals surface area contributed by atoms with Gasteiger partial charge >= 0.3 is 0 Å². The van der Waals surface area contributed by atoms with Gasteiger partial charge in [-0.1, -0.05) is 12.5 Å². The number of aliphatic hydroxyl groups is 1. The first kappa shape index (κ1) is 14.0. The zero-order valence-electron chi connectivity index (χ0n) is 10.8. The zero-order valence-corrected chi connectivity index (χ0v) is 10.8. The van der Waals surface area contributed by atoms with Crippen molar-refractivity contribution in [2.45, 2.75) is 38.3 Å². The Morgan fingerprint density at radius 2 is 1.89 bits per heavy atom. The molecule has 0 amide bonds. The van der Waals surface area contributed by atoms with Gasteiger partial charge in [-0.2, -0.15) is 0 Å². The van der Waals surface area contributed by atoms with Crippen LogP contribution in [0.2, 0.25) is 0 Å². The van der Waals surface area contributed by atoms with Crippen LogP contribution >= 0.6 is 0 Å². The number of rotatable bonds is 4. The average molecular weight is 267 g/mol. The minimum atomic E-state index is -0.479. The molecule has 0 saturated heterocycles. The topological polar surface area (TPSA) is 93.0 Å². The summed E-state index contributed by atoms with van der Waals surface area (Å²) in [6.45, 7) is 1.20. The molecule has 2 unspecified atom stereocenters. The second-order valence-corrected chi connectivity index (χ2v) is 5.26. The molecule has 1 aromatic rings. The molecule has 1 aliphatic carbocycles. The second-order valence-electron chi connectivity index (χ2n) is 5.26. The number of hydrogen-bond acceptors (Lipinski definition) is 5. The fourth-order valence-corrected chi connectivity index (χ4v) is 2.61. The summed E-state index contributed by atoms with van der Waals surface area (Å²) in [4.78, 5) is 0. The third-order valence-electron chi connectivity index (χ3n) is 3.72. The average Bonchev–Trinajstić information content (AvgIpc) is 2.39. The smallest absolute Gasteiger partial charge is 0.200 e. The first-order valence-corrected chi connectivity index (χ1v) is 6.69. The van der Waals surface area contributed by atoms with Crippen molar-refractivity contribution in [3.05, 3.63) is 17.7 Å². The van der Waals surface area contributed by atoms with E-state index in [0.29, 0.717) is 18.0 Å². The molecule has 1 aromatic carbocycles. The van der Waals surface area contributed by atoms with E-state index in [1.54, 1.807) is 6.07 Å². The predicted molar refractivity (Wildman–Crippen MR) is 71.1 cm³/mol. The highest BCUT2D eigenvalue weighted by molar-refractivity contribution is 5.52. The van der Waals surface area contributed by atoms with E-state index in [-0.39, 0.29) is 17.6 Å². The van der Waals surface area contributed by atoms with Gasteiger partial charge in [0.1, 0.15) is 0 Å². The van der Waals surface area contributed by atoms with Crippen molar-refractivity contribution in [1.29, 1.82) is 0 Å². The van der Waals surface area contributed by atoms with Gasteiger partial charge in [-0.25, -0.2) is 0 Å². The van der Waals surface area contributed by atoms with Gasteiger partial charge in [-0.15, -0.1) is 0 Å². The molecular formula is C14H21NO4. The molecule has 5 heteroatoms. The lowest BCUT2D eigenvalue weighted by molar-refractivity contribution is 0.101. The number of hydrogen-bond donors (Lipinski definition) is 5. The van der Waals surface area contributed by atoms with Crippen LogP contribution in [0.1, 0.15) is 31.2 Å². The summed E-state index contributed by atoms with van der Waals surface area (Å²) in [5.74, 6) is -0.628. The summed E-state index contributed by atoms with van der Waals surface area (Å²) in [6.07, 6.45) is 3.69. The van der Waals surface area contributed by atoms with Crippen molar-refractivity contribution in [3.8, 4) is 17.2 Å². The molecule has 5 N–H and O–H groups in total. The number of nitrogens with one attached hydrogen (secondary N) is 1. The normalized spacial score (nSPS) is 23.4. The minimum absolute atomic E-state index is 0.188. The Balaban J connectivity index is 1.84. The molecule has 2 rings (SSSR count). The van der Waals surface area contributed by atoms with Crippen molar-refractivity contribution >= 4 is 0 Å². The Labute approximate surface area is 112 Å². The fourth-order valence-electron chi connectivity index (χ4n) is 2.61. The Bertz CT molecular complexity index is 436. The summed E-state index contributed by atoms with van der Waals surface area (Å²) in [5.41, 5.74) is 0.548. The van der Waals surface area contributed by atoms with Gasteiger partial charge in [-0.05, 0) is 37.8 Å². The molecule has 0 bridgehead atoms. The second kappa shape index (κ2) is 6.12. The van der Waals surface area contributed by atoms with Gasteiger partial charge in [0.25, 0.3) is 0 Å². The van der Waals surface area contributed by atoms with Crippen LogP contribution in [0.3, 0.4) is 0 Å². The lowest BCUT2D eigenvalue weighted by Gasteiger charge is -2.26. The molecule has 1 saturated carbocycles. The van der Waals surface area contributed by atoms with E-state index in [2.05, 4.69) is 5.32 Å². The molecule has 0 radical (unpaired) electrons. The first-order chi connectivity index (χ1) is 9.08. The summed E-state index contributed by atoms with van der Waals surface area (Å²) < 4.78 is 0. The molecular weight excluding hydrogens is 246 g/mol. The van der Waals surface area contributed by atoms with Gasteiger partial charge in [0.15, 0.2) is 11.5 Å². The third kappa shape index (κ3) is 3.52. The number of phenolic OH excluding ortho intramolecular Hbond substituents is 3.